The van der Waals surface area contributed by atoms with Gasteiger partial charge in [-0.2, -0.15) is 0 Å². The summed E-state index contributed by atoms with van der Waals surface area (Å²) in [6, 6.07) is 4.04. The van der Waals surface area contributed by atoms with Crippen LogP contribution in [-0.2, 0) is 11.8 Å². The predicted molar refractivity (Wildman–Crippen MR) is 81.9 cm³/mol. The lowest BCUT2D eigenvalue weighted by Crippen LogP contribution is -2.53. The van der Waals surface area contributed by atoms with E-state index >= 15 is 0 Å². The number of pyridine rings is 1. The molecule has 0 amide bonds. The molecule has 0 aromatic carbocycles. The van der Waals surface area contributed by atoms with Crippen LogP contribution < -0.4 is 5.73 Å². The van der Waals surface area contributed by atoms with Crippen molar-refractivity contribution in [3.05, 3.63) is 29.6 Å². The molecule has 5 heteroatoms. The third-order valence-corrected chi connectivity index (χ3v) is 4.55. The minimum absolute atomic E-state index is 0.431. The van der Waals surface area contributed by atoms with Gasteiger partial charge in [-0.1, -0.05) is 30.5 Å². The highest BCUT2D eigenvalue weighted by Crippen LogP contribution is 2.38. The summed E-state index contributed by atoms with van der Waals surface area (Å²) in [6.07, 6.45) is 4.69. The van der Waals surface area contributed by atoms with Crippen LogP contribution in [0.4, 0.5) is 0 Å². The second kappa shape index (κ2) is 4.90. The number of likely N-dealkylation sites (N-methyl/N-ethyl adjacent to an activating group) is 1. The number of nitrogens with zero attached hydrogens (tertiary/aromatic N) is 2. The molecule has 18 heavy (non-hydrogen) atoms. The smallest absolute Gasteiger partial charge is 0.113 e. The van der Waals surface area contributed by atoms with Gasteiger partial charge in [0, 0.05) is 20.3 Å². The number of fused-ring (bicyclic) bond motifs is 1. The Kier molecular flexibility index (Phi) is 3.64. The molecule has 0 saturated carbocycles. The fraction of sp³-hybridized carbons (Fsp3) is 0.462. The van der Waals surface area contributed by atoms with Crippen LogP contribution in [0.2, 0.25) is 0 Å². The Morgan fingerprint density at radius 1 is 1.44 bits per heavy atom. The van der Waals surface area contributed by atoms with Gasteiger partial charge in [-0.25, -0.2) is 0 Å². The second-order valence-corrected chi connectivity index (χ2v) is 5.66. The summed E-state index contributed by atoms with van der Waals surface area (Å²) in [6.45, 7) is 0. The van der Waals surface area contributed by atoms with Crippen LogP contribution in [0.15, 0.2) is 18.3 Å². The highest BCUT2D eigenvalue weighted by Gasteiger charge is 2.45. The number of hydrogen-bond donors (Lipinski definition) is 1. The molecular formula is C13H17N3S2. The van der Waals surface area contributed by atoms with E-state index in [2.05, 4.69) is 11.1 Å². The minimum Gasteiger partial charge on any atom is -0.392 e. The summed E-state index contributed by atoms with van der Waals surface area (Å²) in [5, 5.41) is 0. The van der Waals surface area contributed by atoms with Crippen LogP contribution in [0.25, 0.3) is 0 Å². The Morgan fingerprint density at radius 3 is 2.78 bits per heavy atom. The fourth-order valence-electron chi connectivity index (χ4n) is 2.62. The first kappa shape index (κ1) is 13.4. The van der Waals surface area contributed by atoms with Crippen molar-refractivity contribution >= 4 is 34.4 Å². The van der Waals surface area contributed by atoms with E-state index in [1.54, 1.807) is 6.20 Å². The van der Waals surface area contributed by atoms with E-state index in [-0.39, 0.29) is 0 Å². The Morgan fingerprint density at radius 2 is 2.17 bits per heavy atom. The van der Waals surface area contributed by atoms with Gasteiger partial charge in [0.25, 0.3) is 0 Å². The van der Waals surface area contributed by atoms with E-state index in [4.69, 9.17) is 30.2 Å². The Labute approximate surface area is 118 Å². The Balaban J connectivity index is 2.64. The summed E-state index contributed by atoms with van der Waals surface area (Å²) in [7, 11) is 3.86. The zero-order valence-corrected chi connectivity index (χ0v) is 12.3. The standard InChI is InChI=1S/C13H17N3S2/c1-16(2)12(18)13(11(14)17)7-3-5-9-6-4-8-15-10(9)13/h4,6,8H,3,5,7H2,1-2H3,(H2,14,17). The molecular weight excluding hydrogens is 262 g/mol. The third-order valence-electron chi connectivity index (χ3n) is 3.49. The van der Waals surface area contributed by atoms with Crippen LogP contribution in [0.3, 0.4) is 0 Å². The molecule has 1 aromatic rings. The number of aryl methyl sites for hydroxylation is 1. The normalized spacial score (nSPS) is 22.1. The zero-order chi connectivity index (χ0) is 13.3. The summed E-state index contributed by atoms with van der Waals surface area (Å²) in [5.41, 5.74) is 7.64. The first-order valence-electron chi connectivity index (χ1n) is 5.96. The minimum atomic E-state index is -0.553. The topological polar surface area (TPSA) is 42.1 Å². The number of hydrogen-bond acceptors (Lipinski definition) is 3. The SMILES string of the molecule is CN(C)C(=S)C1(C(N)=S)CCCc2cccnc21. The molecule has 1 heterocycles. The van der Waals surface area contributed by atoms with Gasteiger partial charge in [0.2, 0.25) is 0 Å². The van der Waals surface area contributed by atoms with Gasteiger partial charge >= 0.3 is 0 Å². The summed E-state index contributed by atoms with van der Waals surface area (Å²) in [5.74, 6) is 0. The van der Waals surface area contributed by atoms with Gasteiger partial charge in [-0.3, -0.25) is 4.98 Å². The predicted octanol–water partition coefficient (Wildman–Crippen LogP) is 1.83. The third kappa shape index (κ3) is 1.91. The maximum absolute atomic E-state index is 6.03. The summed E-state index contributed by atoms with van der Waals surface area (Å²) >= 11 is 10.9. The first-order chi connectivity index (χ1) is 8.50. The van der Waals surface area contributed by atoms with Crippen molar-refractivity contribution in [1.29, 1.82) is 0 Å². The summed E-state index contributed by atoms with van der Waals surface area (Å²) < 4.78 is 0. The molecule has 3 nitrogen and oxygen atoms in total. The van der Waals surface area contributed by atoms with E-state index in [1.165, 1.54) is 5.56 Å². The lowest BCUT2D eigenvalue weighted by atomic mass is 9.72. The maximum atomic E-state index is 6.03. The van der Waals surface area contributed by atoms with Crippen molar-refractivity contribution in [2.24, 2.45) is 5.73 Å². The number of rotatable bonds is 2. The Hall–Kier alpha value is -1.07. The van der Waals surface area contributed by atoms with Crippen LogP contribution in [-0.4, -0.2) is 34.0 Å². The number of thiocarbonyl (C=S) groups is 2. The van der Waals surface area contributed by atoms with Gasteiger partial charge in [-0.15, -0.1) is 0 Å². The van der Waals surface area contributed by atoms with E-state index < -0.39 is 5.41 Å². The molecule has 0 aliphatic heterocycles. The molecule has 96 valence electrons. The molecule has 1 aliphatic carbocycles. The molecule has 2 N–H and O–H groups in total. The van der Waals surface area contributed by atoms with Gasteiger partial charge in [0.15, 0.2) is 0 Å². The van der Waals surface area contributed by atoms with Crippen molar-refractivity contribution in [3.63, 3.8) is 0 Å². The average Bonchev–Trinajstić information content (AvgIpc) is 2.36. The molecule has 1 atom stereocenters. The van der Waals surface area contributed by atoms with Gasteiger partial charge in [0.05, 0.1) is 15.7 Å². The van der Waals surface area contributed by atoms with Crippen LogP contribution in [0.5, 0.6) is 0 Å². The molecule has 0 fully saturated rings. The molecule has 1 aliphatic rings. The maximum Gasteiger partial charge on any atom is 0.113 e. The van der Waals surface area contributed by atoms with Gasteiger partial charge in [-0.05, 0) is 30.9 Å². The average molecular weight is 279 g/mol. The molecule has 0 saturated heterocycles. The highest BCUT2D eigenvalue weighted by atomic mass is 32.1. The molecule has 1 unspecified atom stereocenters. The first-order valence-corrected chi connectivity index (χ1v) is 6.78. The van der Waals surface area contributed by atoms with E-state index in [9.17, 15) is 0 Å². The zero-order valence-electron chi connectivity index (χ0n) is 10.6. The second-order valence-electron chi connectivity index (χ2n) is 4.83. The van der Waals surface area contributed by atoms with Crippen LogP contribution in [0.1, 0.15) is 24.1 Å². The number of nitrogens with two attached hydrogens (primary N) is 1. The monoisotopic (exact) mass is 279 g/mol. The van der Waals surface area contributed by atoms with Crippen molar-refractivity contribution < 1.29 is 0 Å². The van der Waals surface area contributed by atoms with E-state index in [0.717, 1.165) is 29.9 Å². The van der Waals surface area contributed by atoms with E-state index in [0.29, 0.717) is 4.99 Å². The number of aromatic nitrogens is 1. The van der Waals surface area contributed by atoms with Gasteiger partial charge in [0.1, 0.15) is 5.41 Å². The molecule has 0 bridgehead atoms. The van der Waals surface area contributed by atoms with Crippen molar-refractivity contribution in [2.75, 3.05) is 14.1 Å². The lowest BCUT2D eigenvalue weighted by Gasteiger charge is -2.39. The fourth-order valence-corrected chi connectivity index (χ4v) is 3.29. The van der Waals surface area contributed by atoms with Crippen LogP contribution in [0, 0.1) is 0 Å². The largest absolute Gasteiger partial charge is 0.392 e. The van der Waals surface area contributed by atoms with Crippen molar-refractivity contribution in [3.8, 4) is 0 Å². The van der Waals surface area contributed by atoms with Crippen molar-refractivity contribution in [1.82, 2.24) is 9.88 Å². The quantitative estimate of drug-likeness (QED) is 0.837. The summed E-state index contributed by atoms with van der Waals surface area (Å²) in [4.78, 5) is 7.62. The molecule has 0 spiro atoms. The highest BCUT2D eigenvalue weighted by molar-refractivity contribution is 7.82. The Bertz CT molecular complexity index is 499. The molecule has 2 rings (SSSR count). The van der Waals surface area contributed by atoms with Gasteiger partial charge < -0.3 is 10.6 Å². The van der Waals surface area contributed by atoms with E-state index in [1.807, 2.05) is 25.1 Å². The molecule has 0 radical (unpaired) electrons. The van der Waals surface area contributed by atoms with Crippen LogP contribution >= 0.6 is 24.4 Å². The molecule has 1 aromatic heterocycles. The van der Waals surface area contributed by atoms with Crippen molar-refractivity contribution in [2.45, 2.75) is 24.7 Å². The lowest BCUT2D eigenvalue weighted by molar-refractivity contribution is 0.508.